The summed E-state index contributed by atoms with van der Waals surface area (Å²) in [5.74, 6) is -0.155. The van der Waals surface area contributed by atoms with Crippen LogP contribution >= 0.6 is 0 Å². The zero-order valence-corrected chi connectivity index (χ0v) is 35.0. The number of hydrogen-bond donors (Lipinski definition) is 4. The van der Waals surface area contributed by atoms with E-state index in [1.807, 2.05) is 0 Å². The minimum absolute atomic E-state index is 0.155. The van der Waals surface area contributed by atoms with E-state index in [2.05, 4.69) is 43.5 Å². The Labute approximate surface area is 324 Å². The molecule has 0 aromatic heterocycles. The SMILES string of the molecule is CCCCCCC/C=C/CCCC(O)C(O)C(CO)NC(=O)CCCCCCCCCCCCCC/C=C\CCCCCCCCCCCCCC. The summed E-state index contributed by atoms with van der Waals surface area (Å²) in [6.45, 7) is 4.15. The average Bonchev–Trinajstić information content (AvgIpc) is 3.15. The lowest BCUT2D eigenvalue weighted by Gasteiger charge is -2.26. The van der Waals surface area contributed by atoms with E-state index in [1.54, 1.807) is 0 Å². The van der Waals surface area contributed by atoms with Crippen LogP contribution in [0.25, 0.3) is 0 Å². The molecule has 1 amide bonds. The number of rotatable bonds is 42. The Morgan fingerprint density at radius 3 is 1.12 bits per heavy atom. The summed E-state index contributed by atoms with van der Waals surface area (Å²) < 4.78 is 0. The van der Waals surface area contributed by atoms with Crippen LogP contribution < -0.4 is 5.32 Å². The van der Waals surface area contributed by atoms with Crippen LogP contribution in [-0.2, 0) is 4.79 Å². The number of carbonyl (C=O) groups excluding carboxylic acids is 1. The number of aliphatic hydroxyl groups excluding tert-OH is 3. The van der Waals surface area contributed by atoms with E-state index in [1.165, 1.54) is 180 Å². The molecule has 3 unspecified atom stereocenters. The summed E-state index contributed by atoms with van der Waals surface area (Å²) in [5, 5.41) is 33.4. The Balaban J connectivity index is 3.52. The molecule has 0 aliphatic carbocycles. The average molecular weight is 734 g/mol. The van der Waals surface area contributed by atoms with Gasteiger partial charge in [-0.25, -0.2) is 0 Å². The maximum atomic E-state index is 12.4. The quantitative estimate of drug-likeness (QED) is 0.0371. The van der Waals surface area contributed by atoms with Crippen LogP contribution in [0.4, 0.5) is 0 Å². The lowest BCUT2D eigenvalue weighted by Crippen LogP contribution is -2.50. The smallest absolute Gasteiger partial charge is 0.220 e. The Morgan fingerprint density at radius 2 is 0.769 bits per heavy atom. The summed E-state index contributed by atoms with van der Waals surface area (Å²) in [5.41, 5.74) is 0. The summed E-state index contributed by atoms with van der Waals surface area (Å²) in [4.78, 5) is 12.4. The first kappa shape index (κ1) is 50.8. The molecule has 5 nitrogen and oxygen atoms in total. The van der Waals surface area contributed by atoms with Crippen molar-refractivity contribution in [3.63, 3.8) is 0 Å². The van der Waals surface area contributed by atoms with Crippen LogP contribution in [0.2, 0.25) is 0 Å². The molecule has 0 heterocycles. The number of allylic oxidation sites excluding steroid dienone is 4. The molecule has 0 aromatic rings. The van der Waals surface area contributed by atoms with Gasteiger partial charge in [0.15, 0.2) is 0 Å². The van der Waals surface area contributed by atoms with Gasteiger partial charge in [-0.05, 0) is 64.2 Å². The molecule has 0 rings (SSSR count). The number of aliphatic hydroxyl groups is 3. The van der Waals surface area contributed by atoms with Crippen molar-refractivity contribution < 1.29 is 20.1 Å². The highest BCUT2D eigenvalue weighted by Gasteiger charge is 2.26. The lowest BCUT2D eigenvalue weighted by molar-refractivity contribution is -0.124. The third-order valence-corrected chi connectivity index (χ3v) is 10.8. The molecular weight excluding hydrogens is 643 g/mol. The minimum atomic E-state index is -1.16. The molecule has 4 N–H and O–H groups in total. The largest absolute Gasteiger partial charge is 0.394 e. The standard InChI is InChI=1S/C47H91NO4/c1-3-5-7-9-11-13-15-16-17-18-19-20-21-22-23-24-25-26-27-28-29-30-31-32-34-36-38-40-42-46(51)48-44(43-49)47(52)45(50)41-39-37-35-33-14-12-10-8-6-4-2/h22-23,33,35,44-45,47,49-50,52H,3-21,24-32,34,36-43H2,1-2H3,(H,48,51)/b23-22-,35-33+. The van der Waals surface area contributed by atoms with Crippen LogP contribution in [-0.4, -0.2) is 46.1 Å². The fourth-order valence-electron chi connectivity index (χ4n) is 7.16. The van der Waals surface area contributed by atoms with Gasteiger partial charge in [-0.1, -0.05) is 199 Å². The van der Waals surface area contributed by atoms with Gasteiger partial charge in [0.25, 0.3) is 0 Å². The van der Waals surface area contributed by atoms with Gasteiger partial charge in [0.05, 0.1) is 18.8 Å². The van der Waals surface area contributed by atoms with Gasteiger partial charge in [-0.15, -0.1) is 0 Å². The van der Waals surface area contributed by atoms with Gasteiger partial charge < -0.3 is 20.6 Å². The first-order valence-electron chi connectivity index (χ1n) is 23.1. The molecule has 0 saturated carbocycles. The Morgan fingerprint density at radius 1 is 0.462 bits per heavy atom. The van der Waals surface area contributed by atoms with E-state index in [0.717, 1.165) is 38.5 Å². The second kappa shape index (κ2) is 42.6. The fourth-order valence-corrected chi connectivity index (χ4v) is 7.16. The number of amides is 1. The van der Waals surface area contributed by atoms with Gasteiger partial charge in [0, 0.05) is 6.42 Å². The molecule has 308 valence electrons. The van der Waals surface area contributed by atoms with E-state index in [0.29, 0.717) is 12.8 Å². The molecule has 0 radical (unpaired) electrons. The lowest BCUT2D eigenvalue weighted by atomic mass is 10.0. The number of hydrogen-bond acceptors (Lipinski definition) is 4. The van der Waals surface area contributed by atoms with Crippen molar-refractivity contribution in [2.24, 2.45) is 0 Å². The van der Waals surface area contributed by atoms with Crippen LogP contribution in [0.15, 0.2) is 24.3 Å². The van der Waals surface area contributed by atoms with Crippen molar-refractivity contribution in [2.45, 2.75) is 263 Å². The third-order valence-electron chi connectivity index (χ3n) is 10.8. The molecule has 0 bridgehead atoms. The van der Waals surface area contributed by atoms with Crippen molar-refractivity contribution in [3.05, 3.63) is 24.3 Å². The van der Waals surface area contributed by atoms with Gasteiger partial charge >= 0.3 is 0 Å². The number of carbonyl (C=O) groups is 1. The maximum absolute atomic E-state index is 12.4. The predicted molar refractivity (Wildman–Crippen MR) is 227 cm³/mol. The number of nitrogens with one attached hydrogen (secondary N) is 1. The second-order valence-electron chi connectivity index (χ2n) is 16.0. The van der Waals surface area contributed by atoms with Gasteiger partial charge in [-0.2, -0.15) is 0 Å². The summed E-state index contributed by atoms with van der Waals surface area (Å²) in [6.07, 6.45) is 51.7. The van der Waals surface area contributed by atoms with E-state index in [-0.39, 0.29) is 12.5 Å². The first-order valence-corrected chi connectivity index (χ1v) is 23.1. The maximum Gasteiger partial charge on any atom is 0.220 e. The van der Waals surface area contributed by atoms with E-state index >= 15 is 0 Å². The molecule has 0 aliphatic rings. The first-order chi connectivity index (χ1) is 25.6. The highest BCUT2D eigenvalue weighted by molar-refractivity contribution is 5.76. The zero-order chi connectivity index (χ0) is 38.0. The highest BCUT2D eigenvalue weighted by Crippen LogP contribution is 2.16. The summed E-state index contributed by atoms with van der Waals surface area (Å²) >= 11 is 0. The fraction of sp³-hybridized carbons (Fsp3) is 0.894. The highest BCUT2D eigenvalue weighted by atomic mass is 16.3. The van der Waals surface area contributed by atoms with Gasteiger partial charge in [-0.3, -0.25) is 4.79 Å². The summed E-state index contributed by atoms with van der Waals surface area (Å²) in [6, 6.07) is -0.822. The van der Waals surface area contributed by atoms with E-state index in [4.69, 9.17) is 0 Å². The third kappa shape index (κ3) is 37.2. The van der Waals surface area contributed by atoms with Crippen LogP contribution in [0.5, 0.6) is 0 Å². The Kier molecular flexibility index (Phi) is 41.6. The molecular formula is C47H91NO4. The van der Waals surface area contributed by atoms with Crippen molar-refractivity contribution in [1.29, 1.82) is 0 Å². The Hall–Kier alpha value is -1.17. The van der Waals surface area contributed by atoms with E-state index < -0.39 is 18.2 Å². The molecule has 0 spiro atoms. The zero-order valence-electron chi connectivity index (χ0n) is 35.0. The van der Waals surface area contributed by atoms with Gasteiger partial charge in [0.2, 0.25) is 5.91 Å². The molecule has 0 aliphatic heterocycles. The molecule has 52 heavy (non-hydrogen) atoms. The summed E-state index contributed by atoms with van der Waals surface area (Å²) in [7, 11) is 0. The van der Waals surface area contributed by atoms with Crippen molar-refractivity contribution in [3.8, 4) is 0 Å². The topological polar surface area (TPSA) is 89.8 Å². The van der Waals surface area contributed by atoms with Crippen LogP contribution in [0.1, 0.15) is 245 Å². The van der Waals surface area contributed by atoms with Crippen LogP contribution in [0, 0.1) is 0 Å². The van der Waals surface area contributed by atoms with Crippen LogP contribution in [0.3, 0.4) is 0 Å². The second-order valence-corrected chi connectivity index (χ2v) is 16.0. The predicted octanol–water partition coefficient (Wildman–Crippen LogP) is 13.4. The van der Waals surface area contributed by atoms with Crippen molar-refractivity contribution >= 4 is 5.91 Å². The normalized spacial score (nSPS) is 13.7. The van der Waals surface area contributed by atoms with Crippen molar-refractivity contribution in [2.75, 3.05) is 6.61 Å². The molecule has 3 atom stereocenters. The number of unbranched alkanes of at least 4 members (excludes halogenated alkanes) is 30. The van der Waals surface area contributed by atoms with Gasteiger partial charge in [0.1, 0.15) is 6.10 Å². The van der Waals surface area contributed by atoms with Crippen molar-refractivity contribution in [1.82, 2.24) is 5.32 Å². The Bertz CT molecular complexity index is 768. The molecule has 0 fully saturated rings. The molecule has 5 heteroatoms. The monoisotopic (exact) mass is 734 g/mol. The van der Waals surface area contributed by atoms with E-state index in [9.17, 15) is 20.1 Å². The molecule has 0 aromatic carbocycles. The minimum Gasteiger partial charge on any atom is -0.394 e. The molecule has 0 saturated heterocycles.